The van der Waals surface area contributed by atoms with E-state index in [2.05, 4.69) is 92.3 Å². The molecule has 0 aliphatic rings. The number of ketones is 1. The van der Waals surface area contributed by atoms with Crippen molar-refractivity contribution in [3.8, 4) is 11.3 Å². The summed E-state index contributed by atoms with van der Waals surface area (Å²) in [7, 11) is 0. The number of allylic oxidation sites excluding steroid dienone is 2. The summed E-state index contributed by atoms with van der Waals surface area (Å²) in [6, 6.07) is 20.5. The van der Waals surface area contributed by atoms with Gasteiger partial charge in [-0.15, -0.1) is 34.9 Å². The van der Waals surface area contributed by atoms with Crippen molar-refractivity contribution < 1.29 is 30.0 Å². The van der Waals surface area contributed by atoms with Crippen LogP contribution in [0.4, 0.5) is 0 Å². The van der Waals surface area contributed by atoms with E-state index in [0.29, 0.717) is 0 Å². The largest absolute Gasteiger partial charge is 0.512 e. The second-order valence-electron chi connectivity index (χ2n) is 13.1. The van der Waals surface area contributed by atoms with Crippen molar-refractivity contribution in [2.75, 3.05) is 0 Å². The Morgan fingerprint density at radius 3 is 2.02 bits per heavy atom. The van der Waals surface area contributed by atoms with E-state index in [1.165, 1.54) is 17.0 Å². The smallest absolute Gasteiger partial charge is 0.164 e. The van der Waals surface area contributed by atoms with Gasteiger partial charge in [-0.05, 0) is 47.6 Å². The summed E-state index contributed by atoms with van der Waals surface area (Å²) in [5.41, 5.74) is 4.90. The van der Waals surface area contributed by atoms with Crippen LogP contribution in [-0.4, -0.2) is 20.9 Å². The molecule has 0 bridgehead atoms. The molecule has 1 radical (unpaired) electrons. The molecule has 4 nitrogen and oxygen atoms in total. The summed E-state index contributed by atoms with van der Waals surface area (Å²) in [6.45, 7) is 20.9. The molecule has 0 atom stereocenters. The average Bonchev–Trinajstić information content (AvgIpc) is 2.99. The molecule has 5 heteroatoms. The van der Waals surface area contributed by atoms with Crippen molar-refractivity contribution in [2.45, 2.75) is 100 Å². The second-order valence-corrected chi connectivity index (χ2v) is 13.1. The summed E-state index contributed by atoms with van der Waals surface area (Å²) in [4.78, 5) is 21.3. The van der Waals surface area contributed by atoms with Crippen LogP contribution in [0.1, 0.15) is 99.1 Å². The Balaban J connectivity index is 0.000000318. The Bertz CT molecular complexity index is 1570. The molecule has 233 valence electrons. The summed E-state index contributed by atoms with van der Waals surface area (Å²) < 4.78 is 0. The van der Waals surface area contributed by atoms with Crippen molar-refractivity contribution in [3.05, 3.63) is 83.9 Å². The van der Waals surface area contributed by atoms with E-state index < -0.39 is 0 Å². The molecule has 0 amide bonds. The number of nitrogens with zero attached hydrogens (tertiary/aromatic N) is 2. The van der Waals surface area contributed by atoms with Crippen molar-refractivity contribution in [1.29, 1.82) is 0 Å². The quantitative estimate of drug-likeness (QED) is 0.0842. The molecule has 0 aliphatic carbocycles. The zero-order chi connectivity index (χ0) is 31.3. The van der Waals surface area contributed by atoms with Crippen LogP contribution in [0.2, 0.25) is 0 Å². The molecule has 1 heterocycles. The normalized spacial score (nSPS) is 12.5. The van der Waals surface area contributed by atoms with Gasteiger partial charge in [0.1, 0.15) is 12.1 Å². The number of aliphatic hydroxyl groups is 1. The zero-order valence-electron chi connectivity index (χ0n) is 27.7. The van der Waals surface area contributed by atoms with Crippen molar-refractivity contribution in [1.82, 2.24) is 9.97 Å². The first-order valence-corrected chi connectivity index (χ1v) is 15.4. The van der Waals surface area contributed by atoms with E-state index in [1.807, 2.05) is 41.5 Å². The number of carbonyl (C=O) groups is 1. The molecule has 0 saturated heterocycles. The van der Waals surface area contributed by atoms with Crippen molar-refractivity contribution in [3.63, 3.8) is 0 Å². The monoisotopic (exact) mass is 758 g/mol. The summed E-state index contributed by atoms with van der Waals surface area (Å²) in [6.07, 6.45) is 6.42. The van der Waals surface area contributed by atoms with Crippen LogP contribution in [0.5, 0.6) is 0 Å². The number of aromatic nitrogens is 2. The SMILES string of the molecule is CCC(C)(CC)C(=O)/C=C(\O)C(C)(CC)CC.Cc1[c-]c(-c2ncnc3c2ccc2ccccc23)cc(C(C)(C)C)c1.[Ir]. The van der Waals surface area contributed by atoms with Crippen LogP contribution in [0.3, 0.4) is 0 Å². The van der Waals surface area contributed by atoms with Gasteiger partial charge in [0.05, 0.1) is 5.52 Å². The number of carbonyl (C=O) groups excluding carboxylic acids is 1. The van der Waals surface area contributed by atoms with Gasteiger partial charge in [0.2, 0.25) is 0 Å². The maximum absolute atomic E-state index is 12.2. The molecule has 4 aromatic rings. The van der Waals surface area contributed by atoms with Gasteiger partial charge < -0.3 is 5.11 Å². The maximum atomic E-state index is 12.2. The molecule has 1 N–H and O–H groups in total. The molecule has 0 aliphatic heterocycles. The van der Waals surface area contributed by atoms with Gasteiger partial charge in [0.25, 0.3) is 0 Å². The van der Waals surface area contributed by atoms with Gasteiger partial charge >= 0.3 is 0 Å². The molecule has 3 aromatic carbocycles. The van der Waals surface area contributed by atoms with Crippen LogP contribution in [0.25, 0.3) is 32.9 Å². The number of hydrogen-bond acceptors (Lipinski definition) is 4. The molecular formula is C38H49IrN2O2-. The fourth-order valence-electron chi connectivity index (χ4n) is 4.97. The Hall–Kier alpha value is -2.88. The number of aryl methyl sites for hydroxylation is 1. The minimum Gasteiger partial charge on any atom is -0.512 e. The van der Waals surface area contributed by atoms with E-state index in [4.69, 9.17) is 0 Å². The fourth-order valence-corrected chi connectivity index (χ4v) is 4.97. The standard InChI is InChI=1S/C23H21N2.C15H28O2.Ir/c1-15-11-17(13-18(12-15)23(2,3)4)21-20-10-9-16-7-5-6-8-19(16)22(20)25-14-24-21;1-7-14(5,8-2)12(16)11-13(17)15(6,9-3)10-4;/h5-10,12-14H,1-4H3;11,16H,7-10H2,1-6H3;/q-1;;/b;12-11-;. The van der Waals surface area contributed by atoms with E-state index >= 15 is 0 Å². The summed E-state index contributed by atoms with van der Waals surface area (Å²) in [5, 5.41) is 13.6. The Kier molecular flexibility index (Phi) is 12.4. The van der Waals surface area contributed by atoms with E-state index in [9.17, 15) is 9.90 Å². The molecular weight excluding hydrogens is 709 g/mol. The van der Waals surface area contributed by atoms with Gasteiger partial charge in [0.15, 0.2) is 5.78 Å². The predicted octanol–water partition coefficient (Wildman–Crippen LogP) is 10.5. The van der Waals surface area contributed by atoms with Crippen molar-refractivity contribution in [2.24, 2.45) is 10.8 Å². The molecule has 4 rings (SSSR count). The number of rotatable bonds is 8. The topological polar surface area (TPSA) is 63.1 Å². The second kappa shape index (κ2) is 14.7. The maximum Gasteiger partial charge on any atom is 0.164 e. The fraction of sp³-hybridized carbons (Fsp3) is 0.447. The summed E-state index contributed by atoms with van der Waals surface area (Å²) >= 11 is 0. The van der Waals surface area contributed by atoms with Crippen LogP contribution in [-0.2, 0) is 30.3 Å². The van der Waals surface area contributed by atoms with Crippen LogP contribution >= 0.6 is 0 Å². The Labute approximate surface area is 272 Å². The first-order chi connectivity index (χ1) is 19.7. The third kappa shape index (κ3) is 8.19. The molecule has 0 fully saturated rings. The van der Waals surface area contributed by atoms with E-state index in [-0.39, 0.29) is 47.9 Å². The third-order valence-electron chi connectivity index (χ3n) is 9.26. The molecule has 1 aromatic heterocycles. The first kappa shape index (κ1) is 36.3. The predicted molar refractivity (Wildman–Crippen MR) is 178 cm³/mol. The first-order valence-electron chi connectivity index (χ1n) is 15.4. The third-order valence-corrected chi connectivity index (χ3v) is 9.26. The number of fused-ring (bicyclic) bond motifs is 3. The van der Waals surface area contributed by atoms with E-state index in [1.54, 1.807) is 6.33 Å². The van der Waals surface area contributed by atoms with Gasteiger partial charge in [0, 0.05) is 42.4 Å². The molecule has 0 spiro atoms. The number of hydrogen-bond donors (Lipinski definition) is 1. The Morgan fingerprint density at radius 1 is 0.837 bits per heavy atom. The molecule has 43 heavy (non-hydrogen) atoms. The van der Waals surface area contributed by atoms with Gasteiger partial charge in [-0.25, -0.2) is 4.98 Å². The number of benzene rings is 3. The average molecular weight is 758 g/mol. The van der Waals surface area contributed by atoms with Crippen LogP contribution < -0.4 is 0 Å². The van der Waals surface area contributed by atoms with E-state index in [0.717, 1.165) is 58.8 Å². The zero-order valence-corrected chi connectivity index (χ0v) is 30.1. The van der Waals surface area contributed by atoms with Crippen LogP contribution in [0.15, 0.2) is 66.7 Å². The minimum atomic E-state index is -0.337. The minimum absolute atomic E-state index is 0. The van der Waals surface area contributed by atoms with Crippen molar-refractivity contribution >= 4 is 27.5 Å². The molecule has 0 saturated carbocycles. The summed E-state index contributed by atoms with van der Waals surface area (Å²) in [5.74, 6) is 0.286. The van der Waals surface area contributed by atoms with Crippen LogP contribution in [0, 0.1) is 23.8 Å². The number of aliphatic hydroxyl groups excluding tert-OH is 1. The Morgan fingerprint density at radius 2 is 1.44 bits per heavy atom. The van der Waals surface area contributed by atoms with Gasteiger partial charge in [-0.1, -0.05) is 106 Å². The molecule has 0 unspecified atom stereocenters. The van der Waals surface area contributed by atoms with Gasteiger partial charge in [-0.2, -0.15) is 0 Å². The van der Waals surface area contributed by atoms with Gasteiger partial charge in [-0.3, -0.25) is 9.78 Å².